The van der Waals surface area contributed by atoms with Gasteiger partial charge in [-0.25, -0.2) is 4.79 Å². The Kier molecular flexibility index (Phi) is 4.89. The number of Topliss-reactive ketones (excluding diaryl/α,β-unsaturated/α-hetero) is 1. The van der Waals surface area contributed by atoms with Gasteiger partial charge in [0.15, 0.2) is 17.3 Å². The van der Waals surface area contributed by atoms with Crippen molar-refractivity contribution in [3.8, 4) is 11.5 Å². The van der Waals surface area contributed by atoms with Gasteiger partial charge in [-0.05, 0) is 42.9 Å². The van der Waals surface area contributed by atoms with E-state index in [0.717, 1.165) is 23.4 Å². The average molecular weight is 397 g/mol. The van der Waals surface area contributed by atoms with Crippen molar-refractivity contribution >= 4 is 11.8 Å². The van der Waals surface area contributed by atoms with Crippen molar-refractivity contribution in [2.24, 2.45) is 5.41 Å². The Labute approximate surface area is 170 Å². The van der Waals surface area contributed by atoms with Gasteiger partial charge in [-0.1, -0.05) is 26.8 Å². The van der Waals surface area contributed by atoms with Gasteiger partial charge >= 0.3 is 5.97 Å². The number of dihydropyridines is 1. The molecule has 0 fully saturated rings. The van der Waals surface area contributed by atoms with Crippen molar-refractivity contribution < 1.29 is 23.8 Å². The summed E-state index contributed by atoms with van der Waals surface area (Å²) in [5, 5.41) is 3.41. The highest BCUT2D eigenvalue weighted by molar-refractivity contribution is 6.04. The molecule has 0 spiro atoms. The molecule has 29 heavy (non-hydrogen) atoms. The number of rotatable bonds is 4. The van der Waals surface area contributed by atoms with Gasteiger partial charge in [0.1, 0.15) is 0 Å². The van der Waals surface area contributed by atoms with Crippen LogP contribution in [0, 0.1) is 5.41 Å². The Morgan fingerprint density at radius 2 is 1.97 bits per heavy atom. The number of fused-ring (bicyclic) bond motifs is 1. The number of hydrogen-bond acceptors (Lipinski definition) is 6. The van der Waals surface area contributed by atoms with E-state index in [1.807, 2.05) is 25.1 Å². The summed E-state index contributed by atoms with van der Waals surface area (Å²) in [5.74, 6) is 0.517. The quantitative estimate of drug-likeness (QED) is 0.775. The van der Waals surface area contributed by atoms with Gasteiger partial charge in [0.25, 0.3) is 0 Å². The first-order chi connectivity index (χ1) is 13.8. The monoisotopic (exact) mass is 397 g/mol. The summed E-state index contributed by atoms with van der Waals surface area (Å²) in [5.41, 5.74) is 3.63. The summed E-state index contributed by atoms with van der Waals surface area (Å²) in [6, 6.07) is 5.63. The Morgan fingerprint density at radius 3 is 2.69 bits per heavy atom. The Bertz CT molecular complexity index is 941. The van der Waals surface area contributed by atoms with Crippen LogP contribution in [-0.2, 0) is 14.3 Å². The predicted octanol–water partition coefficient (Wildman–Crippen LogP) is 3.97. The maximum Gasteiger partial charge on any atom is 0.336 e. The van der Waals surface area contributed by atoms with E-state index in [4.69, 9.17) is 14.2 Å². The molecule has 0 unspecified atom stereocenters. The number of hydrogen-bond donors (Lipinski definition) is 1. The third-order valence-corrected chi connectivity index (χ3v) is 5.70. The summed E-state index contributed by atoms with van der Waals surface area (Å²) in [6.07, 6.45) is 1.85. The van der Waals surface area contributed by atoms with Gasteiger partial charge in [-0.15, -0.1) is 0 Å². The van der Waals surface area contributed by atoms with E-state index < -0.39 is 5.92 Å². The molecular formula is C23H27NO5. The molecule has 2 heterocycles. The molecule has 1 aliphatic carbocycles. The first-order valence-corrected chi connectivity index (χ1v) is 10.2. The van der Waals surface area contributed by atoms with Crippen molar-refractivity contribution in [3.63, 3.8) is 0 Å². The molecule has 1 aromatic carbocycles. The standard InChI is InChI=1S/C23H27NO5/c1-5-14-21(22(26)27-6-2)19(13-7-8-17-18(9-13)29-12-28-17)20-15(24-14)10-23(3,4)11-16(20)25/h7-9,19,24H,5-6,10-12H2,1-4H3/t19-/m0/s1. The third-order valence-electron chi connectivity index (χ3n) is 5.70. The zero-order chi connectivity index (χ0) is 20.8. The van der Waals surface area contributed by atoms with E-state index >= 15 is 0 Å². The maximum absolute atomic E-state index is 13.3. The van der Waals surface area contributed by atoms with Gasteiger partial charge in [-0.3, -0.25) is 4.79 Å². The first kappa shape index (κ1) is 19.6. The highest BCUT2D eigenvalue weighted by atomic mass is 16.7. The number of carbonyl (C=O) groups excluding carboxylic acids is 2. The van der Waals surface area contributed by atoms with Crippen LogP contribution in [-0.4, -0.2) is 25.2 Å². The number of allylic oxidation sites excluding steroid dienone is 3. The normalized spacial score (nSPS) is 22.3. The fourth-order valence-electron chi connectivity index (χ4n) is 4.50. The Morgan fingerprint density at radius 1 is 1.21 bits per heavy atom. The van der Waals surface area contributed by atoms with Crippen molar-refractivity contribution in [2.75, 3.05) is 13.4 Å². The number of benzene rings is 1. The van der Waals surface area contributed by atoms with Crippen LogP contribution >= 0.6 is 0 Å². The molecule has 0 saturated heterocycles. The molecule has 1 N–H and O–H groups in total. The van der Waals surface area contributed by atoms with Crippen LogP contribution in [0.25, 0.3) is 0 Å². The second-order valence-corrected chi connectivity index (χ2v) is 8.47. The van der Waals surface area contributed by atoms with Crippen molar-refractivity contribution in [1.29, 1.82) is 0 Å². The van der Waals surface area contributed by atoms with Crippen molar-refractivity contribution in [3.05, 3.63) is 46.3 Å². The molecule has 6 heteroatoms. The van der Waals surface area contributed by atoms with Crippen LogP contribution in [0.15, 0.2) is 40.7 Å². The summed E-state index contributed by atoms with van der Waals surface area (Å²) < 4.78 is 16.4. The SMILES string of the molecule is CCOC(=O)C1=C(CC)NC2=C(C(=O)CC(C)(C)C2)[C@@H]1c1ccc2c(c1)OCO2. The Hall–Kier alpha value is -2.76. The fourth-order valence-corrected chi connectivity index (χ4v) is 4.50. The van der Waals surface area contributed by atoms with Crippen LogP contribution in [0.4, 0.5) is 0 Å². The summed E-state index contributed by atoms with van der Waals surface area (Å²) >= 11 is 0. The second kappa shape index (κ2) is 7.25. The molecular weight excluding hydrogens is 370 g/mol. The molecule has 4 rings (SSSR count). The molecule has 1 aromatic rings. The zero-order valence-corrected chi connectivity index (χ0v) is 17.4. The lowest BCUT2D eigenvalue weighted by Gasteiger charge is -2.40. The average Bonchev–Trinajstić information content (AvgIpc) is 3.13. The molecule has 0 aromatic heterocycles. The lowest BCUT2D eigenvalue weighted by atomic mass is 9.68. The number of nitrogens with one attached hydrogen (secondary N) is 1. The molecule has 1 atom stereocenters. The highest BCUT2D eigenvalue weighted by Crippen LogP contribution is 2.48. The predicted molar refractivity (Wildman–Crippen MR) is 107 cm³/mol. The fraction of sp³-hybridized carbons (Fsp3) is 0.478. The summed E-state index contributed by atoms with van der Waals surface area (Å²) in [4.78, 5) is 26.2. The molecule has 6 nitrogen and oxygen atoms in total. The van der Waals surface area contributed by atoms with E-state index in [2.05, 4.69) is 19.2 Å². The number of carbonyl (C=O) groups is 2. The van der Waals surface area contributed by atoms with Crippen LogP contribution in [0.2, 0.25) is 0 Å². The van der Waals surface area contributed by atoms with Crippen LogP contribution in [0.3, 0.4) is 0 Å². The van der Waals surface area contributed by atoms with Crippen LogP contribution < -0.4 is 14.8 Å². The second-order valence-electron chi connectivity index (χ2n) is 8.47. The van der Waals surface area contributed by atoms with Crippen molar-refractivity contribution in [1.82, 2.24) is 5.32 Å². The molecule has 0 amide bonds. The molecule has 0 radical (unpaired) electrons. The molecule has 3 aliphatic rings. The minimum atomic E-state index is -0.474. The molecule has 2 aliphatic heterocycles. The highest BCUT2D eigenvalue weighted by Gasteiger charge is 2.43. The smallest absolute Gasteiger partial charge is 0.336 e. The van der Waals surface area contributed by atoms with Crippen LogP contribution in [0.1, 0.15) is 58.4 Å². The van der Waals surface area contributed by atoms with E-state index in [1.165, 1.54) is 0 Å². The lowest BCUT2D eigenvalue weighted by Crippen LogP contribution is -2.39. The lowest BCUT2D eigenvalue weighted by molar-refractivity contribution is -0.138. The van der Waals surface area contributed by atoms with Crippen LogP contribution in [0.5, 0.6) is 11.5 Å². The minimum Gasteiger partial charge on any atom is -0.463 e. The minimum absolute atomic E-state index is 0.0726. The number of ether oxygens (including phenoxy) is 3. The Balaban J connectivity index is 1.89. The van der Waals surface area contributed by atoms with Gasteiger partial charge in [-0.2, -0.15) is 0 Å². The van der Waals surface area contributed by atoms with E-state index in [1.54, 1.807) is 6.92 Å². The first-order valence-electron chi connectivity index (χ1n) is 10.2. The molecule has 0 bridgehead atoms. The largest absolute Gasteiger partial charge is 0.463 e. The van der Waals surface area contributed by atoms with Gasteiger partial charge in [0, 0.05) is 29.3 Å². The number of esters is 1. The topological polar surface area (TPSA) is 73.9 Å². The van der Waals surface area contributed by atoms with E-state index in [-0.39, 0.29) is 30.6 Å². The zero-order valence-electron chi connectivity index (χ0n) is 17.4. The van der Waals surface area contributed by atoms with E-state index in [0.29, 0.717) is 35.5 Å². The molecule has 0 saturated carbocycles. The van der Waals surface area contributed by atoms with Gasteiger partial charge < -0.3 is 19.5 Å². The molecule has 154 valence electrons. The van der Waals surface area contributed by atoms with Gasteiger partial charge in [0.2, 0.25) is 6.79 Å². The van der Waals surface area contributed by atoms with Crippen molar-refractivity contribution in [2.45, 2.75) is 52.9 Å². The van der Waals surface area contributed by atoms with E-state index in [9.17, 15) is 9.59 Å². The summed E-state index contributed by atoms with van der Waals surface area (Å²) in [6.45, 7) is 8.44. The number of ketones is 1. The maximum atomic E-state index is 13.3. The third kappa shape index (κ3) is 3.41. The summed E-state index contributed by atoms with van der Waals surface area (Å²) in [7, 11) is 0. The van der Waals surface area contributed by atoms with Gasteiger partial charge in [0.05, 0.1) is 12.2 Å².